The molecule has 8 rings (SSSR count). The van der Waals surface area contributed by atoms with Crippen molar-refractivity contribution in [3.63, 3.8) is 0 Å². The zero-order chi connectivity index (χ0) is 42.7. The molecule has 0 spiro atoms. The minimum absolute atomic E-state index is 0.0330. The van der Waals surface area contributed by atoms with Crippen molar-refractivity contribution >= 4 is 43.2 Å². The molecule has 304 valence electrons. The van der Waals surface area contributed by atoms with Crippen LogP contribution in [-0.4, -0.2) is 44.6 Å². The Hall–Kier alpha value is -7.41. The maximum Gasteiger partial charge on any atom is 0.416 e. The fourth-order valence-electron chi connectivity index (χ4n) is 5.75. The molecule has 0 aliphatic rings. The number of ether oxygens (including phenoxy) is 2. The lowest BCUT2D eigenvalue weighted by molar-refractivity contribution is -0.138. The second-order valence-electron chi connectivity index (χ2n) is 12.8. The van der Waals surface area contributed by atoms with Crippen LogP contribution in [0.5, 0.6) is 23.3 Å². The van der Waals surface area contributed by atoms with Gasteiger partial charge in [0.1, 0.15) is 24.2 Å². The van der Waals surface area contributed by atoms with E-state index in [1.54, 1.807) is 36.7 Å². The Labute approximate surface area is 336 Å². The molecule has 19 heteroatoms. The van der Waals surface area contributed by atoms with Gasteiger partial charge >= 0.3 is 12.4 Å². The maximum atomic E-state index is 13.1. The highest BCUT2D eigenvalue weighted by molar-refractivity contribution is 7.92. The summed E-state index contributed by atoms with van der Waals surface area (Å²) in [7, 11) is -3.85. The summed E-state index contributed by atoms with van der Waals surface area (Å²) in [6.07, 6.45) is -2.49. The third-order valence-electron chi connectivity index (χ3n) is 8.46. The monoisotopic (exact) mass is 842 g/mol. The van der Waals surface area contributed by atoms with Gasteiger partial charge in [-0.3, -0.25) is 14.7 Å². The molecular weight excluding hydrogens is 815 g/mol. The number of hydrogen-bond acceptors (Lipinski definition) is 11. The highest BCUT2D eigenvalue weighted by atomic mass is 32.2. The number of benzene rings is 4. The van der Waals surface area contributed by atoms with Gasteiger partial charge in [0.2, 0.25) is 21.8 Å². The topological polar surface area (TPSA) is 168 Å². The molecule has 0 unspecified atom stereocenters. The second-order valence-corrected chi connectivity index (χ2v) is 14.6. The molecule has 0 atom stereocenters. The predicted molar refractivity (Wildman–Crippen MR) is 211 cm³/mol. The van der Waals surface area contributed by atoms with Crippen LogP contribution in [0.15, 0.2) is 134 Å². The van der Waals surface area contributed by atoms with Crippen LogP contribution in [0.4, 0.5) is 37.7 Å². The summed E-state index contributed by atoms with van der Waals surface area (Å²) in [5.41, 5.74) is 6.20. The number of nitrogens with one attached hydrogen (secondary N) is 1. The maximum absolute atomic E-state index is 13.1. The molecular formula is C41H28F6N8O4S. The number of hydrogen-bond donors (Lipinski definition) is 2. The second kappa shape index (κ2) is 16.5. The number of nitrogens with two attached hydrogens (primary N) is 1. The largest absolute Gasteiger partial charge is 0.439 e. The molecule has 3 N–H and O–H groups in total. The van der Waals surface area contributed by atoms with Gasteiger partial charge in [-0.1, -0.05) is 24.3 Å². The zero-order valence-electron chi connectivity index (χ0n) is 30.8. The third kappa shape index (κ3) is 9.99. The Morgan fingerprint density at radius 3 is 1.53 bits per heavy atom. The number of nitrogen functional groups attached to an aromatic ring is 1. The van der Waals surface area contributed by atoms with Gasteiger partial charge in [-0.25, -0.2) is 28.4 Å². The predicted octanol–water partition coefficient (Wildman–Crippen LogP) is 9.96. The summed E-state index contributed by atoms with van der Waals surface area (Å²) in [6.45, 7) is 0. The number of alkyl halides is 6. The van der Waals surface area contributed by atoms with Crippen molar-refractivity contribution in [2.75, 3.05) is 16.7 Å². The van der Waals surface area contributed by atoms with Crippen molar-refractivity contribution in [2.24, 2.45) is 0 Å². The van der Waals surface area contributed by atoms with E-state index in [9.17, 15) is 34.8 Å². The number of fused-ring (bicyclic) bond motifs is 2. The Bertz CT molecular complexity index is 2970. The lowest BCUT2D eigenvalue weighted by Crippen LogP contribution is -2.13. The van der Waals surface area contributed by atoms with Crippen LogP contribution in [0.3, 0.4) is 0 Å². The smallest absolute Gasteiger partial charge is 0.416 e. The van der Waals surface area contributed by atoms with Crippen LogP contribution in [0.25, 0.3) is 44.3 Å². The summed E-state index contributed by atoms with van der Waals surface area (Å²) in [6, 6.07) is 26.9. The number of pyridine rings is 2. The highest BCUT2D eigenvalue weighted by Gasteiger charge is 2.32. The van der Waals surface area contributed by atoms with Crippen LogP contribution < -0.4 is 19.9 Å². The molecule has 0 fully saturated rings. The Morgan fingerprint density at radius 2 is 1.05 bits per heavy atom. The zero-order valence-corrected chi connectivity index (χ0v) is 31.6. The summed E-state index contributed by atoms with van der Waals surface area (Å²) in [5, 5.41) is 1.89. The fourth-order valence-corrected chi connectivity index (χ4v) is 6.31. The molecule has 0 radical (unpaired) electrons. The molecule has 4 heterocycles. The van der Waals surface area contributed by atoms with Crippen molar-refractivity contribution in [1.82, 2.24) is 29.9 Å². The van der Waals surface area contributed by atoms with Crippen molar-refractivity contribution in [3.05, 3.63) is 145 Å². The number of aromatic nitrogens is 6. The summed E-state index contributed by atoms with van der Waals surface area (Å²) in [5.74, 6) is 1.33. The molecule has 0 bridgehead atoms. The van der Waals surface area contributed by atoms with Gasteiger partial charge in [-0.05, 0) is 60.7 Å². The van der Waals surface area contributed by atoms with Gasteiger partial charge in [-0.2, -0.15) is 26.3 Å². The standard InChI is InChI=1S/C21H15F3N4O3S.C20H13F3N4O/c1-32(29,30)28-19-9-14(21(22,23)24)5-7-16(19)18-11-20(27-12-26-18)31-15-6-4-13-3-2-8-25-17(13)10-15;21-20(22,23)13-4-6-15(16(24)8-13)18-10-19(27-11-26-18)28-14-5-3-12-2-1-7-25-17(12)9-14/h2-12,28H,1H3;1-11H,24H2. The normalized spacial score (nSPS) is 11.8. The average Bonchev–Trinajstić information content (AvgIpc) is 3.20. The van der Waals surface area contributed by atoms with Gasteiger partial charge in [0.05, 0.1) is 45.5 Å². The van der Waals surface area contributed by atoms with Crippen LogP contribution in [0, 0.1) is 0 Å². The number of anilines is 2. The first-order valence-electron chi connectivity index (χ1n) is 17.3. The Balaban J connectivity index is 0.000000183. The SMILES string of the molecule is CS(=O)(=O)Nc1cc(C(F)(F)F)ccc1-c1cc(Oc2ccc3cccnc3c2)ncn1.Nc1cc(C(F)(F)F)ccc1-c1cc(Oc2ccc3cccnc3c2)ncn1. The van der Waals surface area contributed by atoms with E-state index in [1.807, 2.05) is 36.4 Å². The van der Waals surface area contributed by atoms with Crippen molar-refractivity contribution in [2.45, 2.75) is 12.4 Å². The minimum Gasteiger partial charge on any atom is -0.439 e. The van der Waals surface area contributed by atoms with Gasteiger partial charge in [0, 0.05) is 64.2 Å². The van der Waals surface area contributed by atoms with Crippen LogP contribution in [0.2, 0.25) is 0 Å². The highest BCUT2D eigenvalue weighted by Crippen LogP contribution is 2.38. The lowest BCUT2D eigenvalue weighted by Gasteiger charge is -2.14. The Kier molecular flexibility index (Phi) is 11.2. The number of sulfonamides is 1. The minimum atomic E-state index is -4.64. The summed E-state index contributed by atoms with van der Waals surface area (Å²) < 4.78 is 115. The number of halogens is 6. The average molecular weight is 843 g/mol. The number of rotatable bonds is 8. The van der Waals surface area contributed by atoms with E-state index in [-0.39, 0.29) is 34.4 Å². The first kappa shape index (κ1) is 40.8. The summed E-state index contributed by atoms with van der Waals surface area (Å²) >= 11 is 0. The molecule has 12 nitrogen and oxygen atoms in total. The van der Waals surface area contributed by atoms with E-state index in [0.29, 0.717) is 34.3 Å². The third-order valence-corrected chi connectivity index (χ3v) is 9.05. The van der Waals surface area contributed by atoms with Crippen molar-refractivity contribution < 1.29 is 44.2 Å². The fraction of sp³-hybridized carbons (Fsp3) is 0.0732. The molecule has 0 saturated carbocycles. The molecule has 8 aromatic rings. The van der Waals surface area contributed by atoms with Gasteiger partial charge in [0.15, 0.2) is 0 Å². The number of nitrogens with zero attached hydrogens (tertiary/aromatic N) is 6. The van der Waals surface area contributed by atoms with Crippen molar-refractivity contribution in [1.29, 1.82) is 0 Å². The van der Waals surface area contributed by atoms with E-state index in [4.69, 9.17) is 15.2 Å². The molecule has 0 saturated heterocycles. The molecule has 60 heavy (non-hydrogen) atoms. The van der Waals surface area contributed by atoms with E-state index in [2.05, 4.69) is 34.6 Å². The van der Waals surface area contributed by atoms with E-state index in [0.717, 1.165) is 46.8 Å². The Morgan fingerprint density at radius 1 is 0.567 bits per heavy atom. The molecule has 0 amide bonds. The van der Waals surface area contributed by atoms with Gasteiger partial charge in [-0.15, -0.1) is 0 Å². The van der Waals surface area contributed by atoms with Crippen LogP contribution in [-0.2, 0) is 22.4 Å². The van der Waals surface area contributed by atoms with E-state index < -0.39 is 33.5 Å². The summed E-state index contributed by atoms with van der Waals surface area (Å²) in [4.78, 5) is 24.8. The molecule has 0 aliphatic heterocycles. The first-order valence-corrected chi connectivity index (χ1v) is 19.2. The van der Waals surface area contributed by atoms with E-state index >= 15 is 0 Å². The van der Waals surface area contributed by atoms with Crippen LogP contribution in [0.1, 0.15) is 11.1 Å². The first-order chi connectivity index (χ1) is 28.5. The van der Waals surface area contributed by atoms with E-state index in [1.165, 1.54) is 30.9 Å². The van der Waals surface area contributed by atoms with Gasteiger partial charge in [0.25, 0.3) is 0 Å². The molecule has 4 aromatic carbocycles. The molecule has 4 aromatic heterocycles. The van der Waals surface area contributed by atoms with Crippen molar-refractivity contribution in [3.8, 4) is 45.8 Å². The lowest BCUT2D eigenvalue weighted by atomic mass is 10.1. The molecule has 0 aliphatic carbocycles. The van der Waals surface area contributed by atoms with Crippen LogP contribution >= 0.6 is 0 Å². The van der Waals surface area contributed by atoms with Gasteiger partial charge < -0.3 is 15.2 Å². The quantitative estimate of drug-likeness (QED) is 0.110.